The second-order valence-electron chi connectivity index (χ2n) is 10.4. The zero-order valence-electron chi connectivity index (χ0n) is 27.1. The molecule has 0 radical (unpaired) electrons. The fourth-order valence-corrected chi connectivity index (χ4v) is 5.06. The average molecular weight is 668 g/mol. The molecule has 0 aliphatic rings. The van der Waals surface area contributed by atoms with Gasteiger partial charge in [0.15, 0.2) is 11.5 Å². The predicted octanol–water partition coefficient (Wildman–Crippen LogP) is 5.77. The van der Waals surface area contributed by atoms with Crippen molar-refractivity contribution < 1.29 is 41.4 Å². The van der Waals surface area contributed by atoms with Gasteiger partial charge in [-0.15, -0.1) is 0 Å². The number of nitrogens with zero attached hydrogens (tertiary/aromatic N) is 1. The van der Waals surface area contributed by atoms with Gasteiger partial charge in [-0.3, -0.25) is 9.59 Å². The number of rotatable bonds is 13. The van der Waals surface area contributed by atoms with Gasteiger partial charge in [0.1, 0.15) is 11.1 Å². The summed E-state index contributed by atoms with van der Waals surface area (Å²) < 4.78 is 61.3. The normalized spacial score (nSPS) is 11.6. The number of hydrogen-bond acceptors (Lipinski definition) is 8. The Hall–Kier alpha value is -5.46. The van der Waals surface area contributed by atoms with Crippen LogP contribution >= 0.6 is 0 Å². The van der Waals surface area contributed by atoms with Gasteiger partial charge in [0.2, 0.25) is 5.75 Å². The molecular formula is C35H36F3N3O7. The average Bonchev–Trinajstić information content (AvgIpc) is 3.08. The highest BCUT2D eigenvalue weighted by Crippen LogP contribution is 2.39. The summed E-state index contributed by atoms with van der Waals surface area (Å²) in [6, 6.07) is 14.2. The van der Waals surface area contributed by atoms with E-state index in [0.29, 0.717) is 33.8 Å². The number of halogens is 3. The number of methoxy groups -OCH3 is 3. The molecule has 3 aromatic carbocycles. The summed E-state index contributed by atoms with van der Waals surface area (Å²) in [6.07, 6.45) is -3.09. The minimum absolute atomic E-state index is 0.0311. The van der Waals surface area contributed by atoms with Gasteiger partial charge in [0, 0.05) is 48.9 Å². The fraction of sp³-hybridized carbons (Fsp3) is 0.286. The number of anilines is 1. The molecule has 0 saturated carbocycles. The quantitative estimate of drug-likeness (QED) is 0.0799. The highest BCUT2D eigenvalue weighted by atomic mass is 19.4. The number of fused-ring (bicyclic) bond motifs is 1. The summed E-state index contributed by atoms with van der Waals surface area (Å²) >= 11 is 0. The zero-order chi connectivity index (χ0) is 35.0. The molecule has 13 heteroatoms. The minimum Gasteiger partial charge on any atom is -0.493 e. The van der Waals surface area contributed by atoms with E-state index < -0.39 is 29.2 Å². The molecule has 0 aliphatic carbocycles. The highest BCUT2D eigenvalue weighted by Gasteiger charge is 2.30. The van der Waals surface area contributed by atoms with E-state index in [-0.39, 0.29) is 29.8 Å². The summed E-state index contributed by atoms with van der Waals surface area (Å²) in [5.74, 6) is -0.394. The predicted molar refractivity (Wildman–Crippen MR) is 177 cm³/mol. The van der Waals surface area contributed by atoms with Crippen LogP contribution in [0.1, 0.15) is 40.9 Å². The van der Waals surface area contributed by atoms with E-state index in [1.165, 1.54) is 45.6 Å². The molecule has 0 bridgehead atoms. The van der Waals surface area contributed by atoms with Gasteiger partial charge in [0.25, 0.3) is 11.8 Å². The lowest BCUT2D eigenvalue weighted by atomic mass is 10.00. The molecule has 1 heterocycles. The van der Waals surface area contributed by atoms with Gasteiger partial charge in [-0.25, -0.2) is 4.79 Å². The maximum atomic E-state index is 13.4. The molecule has 4 rings (SSSR count). The van der Waals surface area contributed by atoms with Crippen molar-refractivity contribution in [2.45, 2.75) is 20.0 Å². The summed E-state index contributed by atoms with van der Waals surface area (Å²) in [6.45, 7) is 5.45. The van der Waals surface area contributed by atoms with E-state index in [1.54, 1.807) is 24.3 Å². The number of benzene rings is 3. The second kappa shape index (κ2) is 15.4. The zero-order valence-corrected chi connectivity index (χ0v) is 27.1. The van der Waals surface area contributed by atoms with Gasteiger partial charge in [-0.2, -0.15) is 13.2 Å². The first-order valence-electron chi connectivity index (χ1n) is 15.0. The van der Waals surface area contributed by atoms with E-state index in [0.717, 1.165) is 30.9 Å². The van der Waals surface area contributed by atoms with Crippen LogP contribution in [-0.2, 0) is 11.0 Å². The molecule has 0 fully saturated rings. The van der Waals surface area contributed by atoms with E-state index in [2.05, 4.69) is 15.5 Å². The number of carbonyl (C=O) groups is 2. The highest BCUT2D eigenvalue weighted by molar-refractivity contribution is 6.24. The fourth-order valence-electron chi connectivity index (χ4n) is 5.06. The van der Waals surface area contributed by atoms with Crippen LogP contribution in [0.15, 0.2) is 69.9 Å². The lowest BCUT2D eigenvalue weighted by Crippen LogP contribution is -2.36. The lowest BCUT2D eigenvalue weighted by molar-refractivity contribution is -0.137. The molecule has 0 unspecified atom stereocenters. The first-order chi connectivity index (χ1) is 22.9. The summed E-state index contributed by atoms with van der Waals surface area (Å²) in [4.78, 5) is 41.1. The SMILES string of the molecule is CCN(CC)c1ccc2cc(C(=O)NCCNC(=O)/C(=C/c3cc(OC)c(OC)c(OC)c3)c3ccc(C(F)(F)F)cc3)c(=O)oc2c1. The van der Waals surface area contributed by atoms with Crippen LogP contribution in [0.2, 0.25) is 0 Å². The Balaban J connectivity index is 1.53. The number of carbonyl (C=O) groups excluding carboxylic acids is 2. The van der Waals surface area contributed by atoms with Crippen molar-refractivity contribution in [1.82, 2.24) is 10.6 Å². The standard InChI is InChI=1S/C35H36F3N3O7/c1-6-41(7-2)25-13-10-23-19-27(34(44)48-28(23)20-25)33(43)40-15-14-39-32(42)26(22-8-11-24(12-9-22)35(36,37)38)16-21-17-29(45-3)31(47-5)30(18-21)46-4/h8-13,16-20H,6-7,14-15H2,1-5H3,(H,39,42)(H,40,43)/b26-16+. The number of alkyl halides is 3. The van der Waals surface area contributed by atoms with Crippen LogP contribution in [0.3, 0.4) is 0 Å². The third kappa shape index (κ3) is 8.08. The van der Waals surface area contributed by atoms with Crippen molar-refractivity contribution in [3.63, 3.8) is 0 Å². The Kier molecular flexibility index (Phi) is 11.4. The molecule has 4 aromatic rings. The topological polar surface area (TPSA) is 119 Å². The molecule has 2 amide bonds. The Bertz CT molecular complexity index is 1840. The van der Waals surface area contributed by atoms with E-state index in [4.69, 9.17) is 18.6 Å². The number of ether oxygens (including phenoxy) is 3. The third-order valence-electron chi connectivity index (χ3n) is 7.55. The third-order valence-corrected chi connectivity index (χ3v) is 7.55. The molecule has 10 nitrogen and oxygen atoms in total. The molecule has 48 heavy (non-hydrogen) atoms. The summed E-state index contributed by atoms with van der Waals surface area (Å²) in [5, 5.41) is 5.83. The van der Waals surface area contributed by atoms with Crippen LogP contribution in [0.25, 0.3) is 22.6 Å². The Labute approximate surface area is 275 Å². The maximum Gasteiger partial charge on any atom is 0.416 e. The summed E-state index contributed by atoms with van der Waals surface area (Å²) in [7, 11) is 4.28. The first kappa shape index (κ1) is 35.4. The smallest absolute Gasteiger partial charge is 0.416 e. The van der Waals surface area contributed by atoms with Crippen molar-refractivity contribution in [1.29, 1.82) is 0 Å². The molecule has 2 N–H and O–H groups in total. The van der Waals surface area contributed by atoms with Crippen LogP contribution in [0, 0.1) is 0 Å². The first-order valence-corrected chi connectivity index (χ1v) is 15.0. The Morgan fingerprint density at radius 1 is 0.854 bits per heavy atom. The molecule has 0 atom stereocenters. The Morgan fingerprint density at radius 3 is 2.04 bits per heavy atom. The van der Waals surface area contributed by atoms with Crippen LogP contribution in [-0.4, -0.2) is 59.3 Å². The van der Waals surface area contributed by atoms with E-state index >= 15 is 0 Å². The molecular weight excluding hydrogens is 631 g/mol. The van der Waals surface area contributed by atoms with Crippen molar-refractivity contribution in [3.8, 4) is 17.2 Å². The van der Waals surface area contributed by atoms with Crippen molar-refractivity contribution >= 4 is 40.1 Å². The van der Waals surface area contributed by atoms with Crippen LogP contribution < -0.4 is 35.4 Å². The molecule has 254 valence electrons. The number of amides is 2. The van der Waals surface area contributed by atoms with E-state index in [1.807, 2.05) is 19.9 Å². The largest absolute Gasteiger partial charge is 0.493 e. The van der Waals surface area contributed by atoms with Gasteiger partial charge < -0.3 is 34.2 Å². The van der Waals surface area contributed by atoms with Gasteiger partial charge in [-0.1, -0.05) is 12.1 Å². The second-order valence-corrected chi connectivity index (χ2v) is 10.4. The van der Waals surface area contributed by atoms with Crippen LogP contribution in [0.4, 0.5) is 18.9 Å². The summed E-state index contributed by atoms with van der Waals surface area (Å²) in [5.41, 5.74) is 0.0381. The van der Waals surface area contributed by atoms with Gasteiger partial charge >= 0.3 is 11.8 Å². The minimum atomic E-state index is -4.56. The number of hydrogen-bond donors (Lipinski definition) is 2. The molecule has 1 aromatic heterocycles. The van der Waals surface area contributed by atoms with E-state index in [9.17, 15) is 27.6 Å². The van der Waals surface area contributed by atoms with Gasteiger partial charge in [-0.05, 0) is 73.5 Å². The molecule has 0 saturated heterocycles. The van der Waals surface area contributed by atoms with Crippen molar-refractivity contribution in [2.75, 3.05) is 52.4 Å². The van der Waals surface area contributed by atoms with Crippen molar-refractivity contribution in [3.05, 3.63) is 93.3 Å². The lowest BCUT2D eigenvalue weighted by Gasteiger charge is -2.21. The van der Waals surface area contributed by atoms with Crippen molar-refractivity contribution in [2.24, 2.45) is 0 Å². The Morgan fingerprint density at radius 2 is 1.48 bits per heavy atom. The molecule has 0 aliphatic heterocycles. The van der Waals surface area contributed by atoms with Gasteiger partial charge in [0.05, 0.1) is 26.9 Å². The molecule has 0 spiro atoms. The number of nitrogens with one attached hydrogen (secondary N) is 2. The maximum absolute atomic E-state index is 13.4. The van der Waals surface area contributed by atoms with Crippen LogP contribution in [0.5, 0.6) is 17.2 Å². The monoisotopic (exact) mass is 667 g/mol.